The zero-order valence-corrected chi connectivity index (χ0v) is 7.11. The molecule has 0 spiro atoms. The van der Waals surface area contributed by atoms with E-state index >= 15 is 0 Å². The highest BCUT2D eigenvalue weighted by atomic mass is 19.1. The van der Waals surface area contributed by atoms with Crippen LogP contribution in [0.15, 0.2) is 24.3 Å². The molecule has 1 aromatic carbocycles. The molecule has 1 aromatic rings. The van der Waals surface area contributed by atoms with E-state index in [2.05, 4.69) is 0 Å². The van der Waals surface area contributed by atoms with Gasteiger partial charge in [0.1, 0.15) is 12.1 Å². The molecule has 0 fully saturated rings. The number of halogens is 1. The van der Waals surface area contributed by atoms with Crippen LogP contribution in [0.3, 0.4) is 0 Å². The molecule has 1 unspecified atom stereocenters. The van der Waals surface area contributed by atoms with Gasteiger partial charge < -0.3 is 9.90 Å². The molecular weight excluding hydrogens is 171 g/mol. The normalized spacial score (nSPS) is 12.5. The Labute approximate surface area is 76.0 Å². The van der Waals surface area contributed by atoms with Gasteiger partial charge in [-0.25, -0.2) is 4.39 Å². The zero-order chi connectivity index (χ0) is 9.68. The summed E-state index contributed by atoms with van der Waals surface area (Å²) in [7, 11) is 0. The van der Waals surface area contributed by atoms with Gasteiger partial charge in [-0.15, -0.1) is 0 Å². The number of aliphatic hydroxyl groups excluding tert-OH is 1. The van der Waals surface area contributed by atoms with Gasteiger partial charge in [-0.05, 0) is 24.1 Å². The van der Waals surface area contributed by atoms with Gasteiger partial charge >= 0.3 is 0 Å². The van der Waals surface area contributed by atoms with Gasteiger partial charge in [-0.1, -0.05) is 12.1 Å². The molecule has 1 atom stereocenters. The number of aldehydes is 1. The van der Waals surface area contributed by atoms with Crippen molar-refractivity contribution in [2.45, 2.75) is 18.9 Å². The highest BCUT2D eigenvalue weighted by molar-refractivity contribution is 5.50. The second-order valence-electron chi connectivity index (χ2n) is 2.89. The van der Waals surface area contributed by atoms with Crippen molar-refractivity contribution in [2.24, 2.45) is 0 Å². The van der Waals surface area contributed by atoms with E-state index in [0.717, 1.165) is 5.56 Å². The van der Waals surface area contributed by atoms with Gasteiger partial charge in [0.25, 0.3) is 0 Å². The predicted octanol–water partition coefficient (Wildman–Crippen LogP) is 1.32. The summed E-state index contributed by atoms with van der Waals surface area (Å²) in [5.74, 6) is -0.298. The minimum atomic E-state index is -0.664. The number of carbonyl (C=O) groups excluding carboxylic acids is 1. The van der Waals surface area contributed by atoms with E-state index in [4.69, 9.17) is 0 Å². The lowest BCUT2D eigenvalue weighted by Crippen LogP contribution is -2.10. The molecule has 1 rings (SSSR count). The van der Waals surface area contributed by atoms with Crippen LogP contribution in [0, 0.1) is 5.82 Å². The number of hydrogen-bond acceptors (Lipinski definition) is 2. The third-order valence-corrected chi connectivity index (χ3v) is 1.75. The van der Waals surface area contributed by atoms with Crippen molar-refractivity contribution in [3.8, 4) is 0 Å². The fourth-order valence-corrected chi connectivity index (χ4v) is 1.09. The van der Waals surface area contributed by atoms with Crippen LogP contribution in [0.5, 0.6) is 0 Å². The third kappa shape index (κ3) is 3.34. The first-order valence-corrected chi connectivity index (χ1v) is 4.08. The minimum Gasteiger partial charge on any atom is -0.392 e. The smallest absolute Gasteiger partial charge is 0.123 e. The van der Waals surface area contributed by atoms with Crippen LogP contribution in [0.4, 0.5) is 4.39 Å². The molecule has 0 amide bonds. The van der Waals surface area contributed by atoms with Crippen LogP contribution < -0.4 is 0 Å². The molecule has 0 aromatic heterocycles. The number of hydrogen-bond donors (Lipinski definition) is 1. The Morgan fingerprint density at radius 3 is 2.54 bits per heavy atom. The number of rotatable bonds is 4. The summed E-state index contributed by atoms with van der Waals surface area (Å²) >= 11 is 0. The molecule has 0 heterocycles. The molecule has 1 N–H and O–H groups in total. The Morgan fingerprint density at radius 1 is 1.38 bits per heavy atom. The molecule has 0 saturated heterocycles. The maximum Gasteiger partial charge on any atom is 0.123 e. The van der Waals surface area contributed by atoms with Crippen LogP contribution >= 0.6 is 0 Å². The van der Waals surface area contributed by atoms with Gasteiger partial charge in [-0.3, -0.25) is 0 Å². The number of carbonyl (C=O) groups is 1. The highest BCUT2D eigenvalue weighted by Crippen LogP contribution is 2.06. The summed E-state index contributed by atoms with van der Waals surface area (Å²) in [4.78, 5) is 10.0. The lowest BCUT2D eigenvalue weighted by atomic mass is 10.1. The van der Waals surface area contributed by atoms with Crippen molar-refractivity contribution in [1.82, 2.24) is 0 Å². The molecule has 0 radical (unpaired) electrons. The second-order valence-corrected chi connectivity index (χ2v) is 2.89. The van der Waals surface area contributed by atoms with Gasteiger partial charge in [0, 0.05) is 6.42 Å². The first-order valence-electron chi connectivity index (χ1n) is 4.08. The summed E-state index contributed by atoms with van der Waals surface area (Å²) < 4.78 is 12.5. The Morgan fingerprint density at radius 2 is 2.00 bits per heavy atom. The van der Waals surface area contributed by atoms with E-state index in [0.29, 0.717) is 12.7 Å². The van der Waals surface area contributed by atoms with E-state index in [-0.39, 0.29) is 12.2 Å². The highest BCUT2D eigenvalue weighted by Gasteiger charge is 2.04. The maximum atomic E-state index is 12.5. The van der Waals surface area contributed by atoms with Crippen molar-refractivity contribution in [3.63, 3.8) is 0 Å². The Bertz CT molecular complexity index is 269. The topological polar surface area (TPSA) is 37.3 Å². The Balaban J connectivity index is 2.53. The van der Waals surface area contributed by atoms with Gasteiger partial charge in [-0.2, -0.15) is 0 Å². The van der Waals surface area contributed by atoms with Crippen LogP contribution in [0.2, 0.25) is 0 Å². The maximum absolute atomic E-state index is 12.5. The molecule has 2 nitrogen and oxygen atoms in total. The van der Waals surface area contributed by atoms with Crippen molar-refractivity contribution in [1.29, 1.82) is 0 Å². The number of aliphatic hydroxyl groups is 1. The summed E-state index contributed by atoms with van der Waals surface area (Å²) in [5.41, 5.74) is 0.829. The Kier molecular flexibility index (Phi) is 3.58. The van der Waals surface area contributed by atoms with E-state index < -0.39 is 6.10 Å². The molecule has 0 bridgehead atoms. The zero-order valence-electron chi connectivity index (χ0n) is 7.11. The Hall–Kier alpha value is -1.22. The van der Waals surface area contributed by atoms with E-state index in [1.54, 1.807) is 12.1 Å². The summed E-state index contributed by atoms with van der Waals surface area (Å²) in [6.07, 6.45) is 0.521. The van der Waals surface area contributed by atoms with Crippen LogP contribution in [0.1, 0.15) is 12.0 Å². The summed E-state index contributed by atoms with van der Waals surface area (Å²) in [5, 5.41) is 9.25. The number of benzene rings is 1. The fourth-order valence-electron chi connectivity index (χ4n) is 1.09. The van der Waals surface area contributed by atoms with Crippen molar-refractivity contribution in [3.05, 3.63) is 35.6 Å². The molecule has 0 saturated carbocycles. The summed E-state index contributed by atoms with van der Waals surface area (Å²) in [6, 6.07) is 5.87. The fraction of sp³-hybridized carbons (Fsp3) is 0.300. The van der Waals surface area contributed by atoms with Gasteiger partial charge in [0.2, 0.25) is 0 Å². The lowest BCUT2D eigenvalue weighted by Gasteiger charge is -2.05. The standard InChI is InChI=1S/C10H11FO2/c11-9-3-1-8(2-4-9)7-10(13)5-6-12/h1-4,6,10,13H,5,7H2. The van der Waals surface area contributed by atoms with E-state index in [1.807, 2.05) is 0 Å². The minimum absolute atomic E-state index is 0.122. The first kappa shape index (κ1) is 9.86. The largest absolute Gasteiger partial charge is 0.392 e. The molecular formula is C10H11FO2. The molecule has 3 heteroatoms. The molecule has 0 aliphatic heterocycles. The third-order valence-electron chi connectivity index (χ3n) is 1.75. The lowest BCUT2D eigenvalue weighted by molar-refractivity contribution is -0.109. The van der Waals surface area contributed by atoms with Crippen LogP contribution in [0.25, 0.3) is 0 Å². The predicted molar refractivity (Wildman–Crippen MR) is 46.8 cm³/mol. The van der Waals surface area contributed by atoms with Crippen LogP contribution in [-0.4, -0.2) is 17.5 Å². The quantitative estimate of drug-likeness (QED) is 0.713. The second kappa shape index (κ2) is 4.72. The average Bonchev–Trinajstić information content (AvgIpc) is 2.09. The van der Waals surface area contributed by atoms with Crippen molar-refractivity contribution in [2.75, 3.05) is 0 Å². The average molecular weight is 182 g/mol. The van der Waals surface area contributed by atoms with Gasteiger partial charge in [0.15, 0.2) is 0 Å². The molecule has 0 aliphatic rings. The van der Waals surface area contributed by atoms with Crippen LogP contribution in [-0.2, 0) is 11.2 Å². The van der Waals surface area contributed by atoms with E-state index in [9.17, 15) is 14.3 Å². The molecule has 70 valence electrons. The van der Waals surface area contributed by atoms with E-state index in [1.165, 1.54) is 12.1 Å². The van der Waals surface area contributed by atoms with Gasteiger partial charge in [0.05, 0.1) is 6.10 Å². The van der Waals surface area contributed by atoms with Crippen molar-refractivity contribution >= 4 is 6.29 Å². The SMILES string of the molecule is O=CCC(O)Cc1ccc(F)cc1. The monoisotopic (exact) mass is 182 g/mol. The summed E-state index contributed by atoms with van der Waals surface area (Å²) in [6.45, 7) is 0. The molecule has 13 heavy (non-hydrogen) atoms. The van der Waals surface area contributed by atoms with Crippen molar-refractivity contribution < 1.29 is 14.3 Å². The first-order chi connectivity index (χ1) is 6.22. The molecule has 0 aliphatic carbocycles.